The van der Waals surface area contributed by atoms with Crippen LogP contribution >= 0.6 is 15.9 Å². The van der Waals surface area contributed by atoms with Crippen molar-refractivity contribution in [2.45, 2.75) is 24.7 Å². The molecule has 0 spiro atoms. The maximum absolute atomic E-state index is 5.50. The maximum atomic E-state index is 5.50. The highest BCUT2D eigenvalue weighted by Crippen LogP contribution is 2.25. The first-order valence-electron chi connectivity index (χ1n) is 5.50. The fraction of sp³-hybridized carbons (Fsp3) is 0.583. The van der Waals surface area contributed by atoms with E-state index in [1.165, 1.54) is 5.56 Å². The Balaban J connectivity index is 2.21. The number of morpholine rings is 1. The average molecular weight is 285 g/mol. The molecule has 0 aliphatic carbocycles. The molecule has 1 fully saturated rings. The lowest BCUT2D eigenvalue weighted by Crippen LogP contribution is -2.53. The molecule has 0 N–H and O–H groups in total. The van der Waals surface area contributed by atoms with Crippen LogP contribution in [0.1, 0.15) is 19.4 Å². The lowest BCUT2D eigenvalue weighted by Gasteiger charge is -2.43. The number of rotatable bonds is 2. The molecule has 1 aliphatic rings. The van der Waals surface area contributed by atoms with Crippen molar-refractivity contribution < 1.29 is 4.74 Å². The molecular weight excluding hydrogens is 268 g/mol. The fourth-order valence-electron chi connectivity index (χ4n) is 1.94. The van der Waals surface area contributed by atoms with Crippen molar-refractivity contribution in [2.24, 2.45) is 0 Å². The molecule has 1 aromatic heterocycles. The third-order valence-electron chi connectivity index (χ3n) is 2.89. The molecule has 3 nitrogen and oxygen atoms in total. The first kappa shape index (κ1) is 11.9. The largest absolute Gasteiger partial charge is 0.377 e. The van der Waals surface area contributed by atoms with Gasteiger partial charge in [0.1, 0.15) is 5.82 Å². The Kier molecular flexibility index (Phi) is 3.50. The van der Waals surface area contributed by atoms with Crippen LogP contribution in [-0.4, -0.2) is 30.3 Å². The first-order valence-corrected chi connectivity index (χ1v) is 6.62. The highest BCUT2D eigenvalue weighted by Gasteiger charge is 2.31. The monoisotopic (exact) mass is 284 g/mol. The predicted molar refractivity (Wildman–Crippen MR) is 69.1 cm³/mol. The number of hydrogen-bond acceptors (Lipinski definition) is 3. The van der Waals surface area contributed by atoms with Gasteiger partial charge in [-0.25, -0.2) is 4.98 Å². The van der Waals surface area contributed by atoms with E-state index in [1.54, 1.807) is 0 Å². The highest BCUT2D eigenvalue weighted by molar-refractivity contribution is 9.08. The van der Waals surface area contributed by atoms with Gasteiger partial charge >= 0.3 is 0 Å². The molecule has 1 saturated heterocycles. The van der Waals surface area contributed by atoms with Gasteiger partial charge < -0.3 is 9.64 Å². The minimum atomic E-state index is 0.0289. The molecule has 2 rings (SSSR count). The van der Waals surface area contributed by atoms with Crippen LogP contribution in [0.2, 0.25) is 0 Å². The van der Waals surface area contributed by atoms with Gasteiger partial charge in [-0.15, -0.1) is 0 Å². The van der Waals surface area contributed by atoms with Crippen LogP contribution < -0.4 is 4.90 Å². The van der Waals surface area contributed by atoms with E-state index in [0.717, 1.165) is 30.9 Å². The molecule has 0 bridgehead atoms. The lowest BCUT2D eigenvalue weighted by atomic mass is 10.0. The van der Waals surface area contributed by atoms with Crippen molar-refractivity contribution in [3.8, 4) is 0 Å². The van der Waals surface area contributed by atoms with E-state index in [2.05, 4.69) is 51.8 Å². The average Bonchev–Trinajstić information content (AvgIpc) is 2.29. The molecule has 88 valence electrons. The van der Waals surface area contributed by atoms with Crippen LogP contribution in [-0.2, 0) is 10.1 Å². The standard InChI is InChI=1S/C12H17BrN2O/c1-12(2)9-16-6-5-15(12)11-4-3-10(7-13)8-14-11/h3-4,8H,5-7,9H2,1-2H3. The number of alkyl halides is 1. The van der Waals surface area contributed by atoms with Crippen LogP contribution in [0.25, 0.3) is 0 Å². The summed E-state index contributed by atoms with van der Waals surface area (Å²) in [5, 5.41) is 0.854. The summed E-state index contributed by atoms with van der Waals surface area (Å²) >= 11 is 3.43. The van der Waals surface area contributed by atoms with Gasteiger partial charge in [0.05, 0.1) is 18.8 Å². The second kappa shape index (κ2) is 4.72. The van der Waals surface area contributed by atoms with Crippen molar-refractivity contribution >= 4 is 21.7 Å². The minimum absolute atomic E-state index is 0.0289. The van der Waals surface area contributed by atoms with Crippen LogP contribution in [0, 0.1) is 0 Å². The number of pyridine rings is 1. The van der Waals surface area contributed by atoms with Crippen LogP contribution in [0.4, 0.5) is 5.82 Å². The van der Waals surface area contributed by atoms with E-state index in [9.17, 15) is 0 Å². The van der Waals surface area contributed by atoms with Crippen molar-refractivity contribution in [2.75, 3.05) is 24.7 Å². The molecule has 0 atom stereocenters. The first-order chi connectivity index (χ1) is 7.63. The van der Waals surface area contributed by atoms with Crippen molar-refractivity contribution in [1.82, 2.24) is 4.98 Å². The molecule has 0 radical (unpaired) electrons. The Morgan fingerprint density at radius 2 is 2.31 bits per heavy atom. The third-order valence-corrected chi connectivity index (χ3v) is 3.53. The van der Waals surface area contributed by atoms with Gasteiger partial charge in [-0.05, 0) is 25.5 Å². The van der Waals surface area contributed by atoms with Crippen LogP contribution in [0.15, 0.2) is 18.3 Å². The quantitative estimate of drug-likeness (QED) is 0.781. The summed E-state index contributed by atoms with van der Waals surface area (Å²) in [6, 6.07) is 4.20. The number of anilines is 1. The Morgan fingerprint density at radius 1 is 1.50 bits per heavy atom. The highest BCUT2D eigenvalue weighted by atomic mass is 79.9. The molecule has 1 aliphatic heterocycles. The van der Waals surface area contributed by atoms with E-state index in [4.69, 9.17) is 4.74 Å². The number of aromatic nitrogens is 1. The third kappa shape index (κ3) is 2.38. The van der Waals surface area contributed by atoms with E-state index in [-0.39, 0.29) is 5.54 Å². The van der Waals surface area contributed by atoms with E-state index >= 15 is 0 Å². The van der Waals surface area contributed by atoms with E-state index < -0.39 is 0 Å². The summed E-state index contributed by atoms with van der Waals surface area (Å²) in [4.78, 5) is 6.82. The summed E-state index contributed by atoms with van der Waals surface area (Å²) in [6.07, 6.45) is 1.93. The van der Waals surface area contributed by atoms with Gasteiger partial charge in [0, 0.05) is 18.1 Å². The van der Waals surface area contributed by atoms with E-state index in [1.807, 2.05) is 6.20 Å². The van der Waals surface area contributed by atoms with E-state index in [0.29, 0.717) is 0 Å². The topological polar surface area (TPSA) is 25.4 Å². The zero-order valence-electron chi connectivity index (χ0n) is 9.74. The van der Waals surface area contributed by atoms with Gasteiger partial charge in [0.25, 0.3) is 0 Å². The molecule has 16 heavy (non-hydrogen) atoms. The number of nitrogens with zero attached hydrogens (tertiary/aromatic N) is 2. The van der Waals surface area contributed by atoms with Gasteiger partial charge in [-0.2, -0.15) is 0 Å². The van der Waals surface area contributed by atoms with Gasteiger partial charge in [0.2, 0.25) is 0 Å². The molecule has 0 amide bonds. The lowest BCUT2D eigenvalue weighted by molar-refractivity contribution is 0.0639. The summed E-state index contributed by atoms with van der Waals surface area (Å²) in [6.45, 7) is 6.83. The Labute approximate surface area is 105 Å². The summed E-state index contributed by atoms with van der Waals surface area (Å²) in [5.41, 5.74) is 1.23. The molecule has 1 aromatic rings. The SMILES string of the molecule is CC1(C)COCCN1c1ccc(CBr)cn1. The molecule has 0 aromatic carbocycles. The maximum Gasteiger partial charge on any atom is 0.129 e. The van der Waals surface area contributed by atoms with Crippen LogP contribution in [0.5, 0.6) is 0 Å². The van der Waals surface area contributed by atoms with Crippen molar-refractivity contribution in [1.29, 1.82) is 0 Å². The summed E-state index contributed by atoms with van der Waals surface area (Å²) in [7, 11) is 0. The number of hydrogen-bond donors (Lipinski definition) is 0. The van der Waals surface area contributed by atoms with Gasteiger partial charge in [-0.1, -0.05) is 22.0 Å². The predicted octanol–water partition coefficient (Wildman–Crippen LogP) is 2.59. The molecule has 0 unspecified atom stereocenters. The van der Waals surface area contributed by atoms with Gasteiger partial charge in [0.15, 0.2) is 0 Å². The molecule has 0 saturated carbocycles. The number of ether oxygens (including phenoxy) is 1. The fourth-order valence-corrected chi connectivity index (χ4v) is 2.27. The summed E-state index contributed by atoms with van der Waals surface area (Å²) < 4.78 is 5.50. The molecule has 4 heteroatoms. The zero-order valence-corrected chi connectivity index (χ0v) is 11.3. The summed E-state index contributed by atoms with van der Waals surface area (Å²) in [5.74, 6) is 1.04. The van der Waals surface area contributed by atoms with Crippen molar-refractivity contribution in [3.63, 3.8) is 0 Å². The number of halogens is 1. The normalized spacial score (nSPS) is 19.8. The van der Waals surface area contributed by atoms with Gasteiger partial charge in [-0.3, -0.25) is 0 Å². The smallest absolute Gasteiger partial charge is 0.129 e. The zero-order chi connectivity index (χ0) is 11.6. The Morgan fingerprint density at radius 3 is 2.88 bits per heavy atom. The molecule has 2 heterocycles. The minimum Gasteiger partial charge on any atom is -0.377 e. The Bertz CT molecular complexity index is 351. The second-order valence-corrected chi connectivity index (χ2v) is 5.24. The second-order valence-electron chi connectivity index (χ2n) is 4.67. The molecular formula is C12H17BrN2O. The van der Waals surface area contributed by atoms with Crippen LogP contribution in [0.3, 0.4) is 0 Å². The Hall–Kier alpha value is -0.610. The van der Waals surface area contributed by atoms with Crippen molar-refractivity contribution in [3.05, 3.63) is 23.9 Å².